The fraction of sp³-hybridized carbons (Fsp3) is 0.310. The maximum absolute atomic E-state index is 10.7. The first-order chi connectivity index (χ1) is 17.2. The highest BCUT2D eigenvalue weighted by Crippen LogP contribution is 2.19. The van der Waals surface area contributed by atoms with E-state index in [1.165, 1.54) is 11.1 Å². The Balaban J connectivity index is 0.000000300. The summed E-state index contributed by atoms with van der Waals surface area (Å²) in [5, 5.41) is 0. The van der Waals surface area contributed by atoms with Crippen LogP contribution in [0.5, 0.6) is 5.75 Å². The minimum Gasteiger partial charge on any atom is -0.491 e. The van der Waals surface area contributed by atoms with Gasteiger partial charge in [0.2, 0.25) is 0 Å². The number of nitrogens with two attached hydrogens (primary N) is 1. The first-order valence-corrected chi connectivity index (χ1v) is 13.3. The Labute approximate surface area is 217 Å². The predicted molar refractivity (Wildman–Crippen MR) is 148 cm³/mol. The molecule has 0 saturated carbocycles. The van der Waals surface area contributed by atoms with Crippen molar-refractivity contribution in [2.75, 3.05) is 13.2 Å². The van der Waals surface area contributed by atoms with Crippen LogP contribution in [0.15, 0.2) is 91.0 Å². The number of ether oxygens (including phenoxy) is 1. The van der Waals surface area contributed by atoms with Crippen LogP contribution in [0.2, 0.25) is 0 Å². The van der Waals surface area contributed by atoms with Crippen LogP contribution in [0.3, 0.4) is 0 Å². The van der Waals surface area contributed by atoms with Crippen LogP contribution in [-0.2, 0) is 18.9 Å². The molecule has 6 nitrogen and oxygen atoms in total. The number of allylic oxidation sites excluding steroid dienone is 1. The van der Waals surface area contributed by atoms with E-state index in [4.69, 9.17) is 4.74 Å². The molecule has 0 radical (unpaired) electrons. The zero-order valence-electron chi connectivity index (χ0n) is 21.8. The second-order valence-electron chi connectivity index (χ2n) is 8.34. The summed E-state index contributed by atoms with van der Waals surface area (Å²) in [6.07, 6.45) is 3.77. The Morgan fingerprint density at radius 3 is 1.64 bits per heavy atom. The molecule has 7 heteroatoms. The van der Waals surface area contributed by atoms with E-state index in [0.717, 1.165) is 5.56 Å². The van der Waals surface area contributed by atoms with Gasteiger partial charge >= 0.3 is 10.4 Å². The van der Waals surface area contributed by atoms with Crippen molar-refractivity contribution in [1.29, 1.82) is 0 Å². The molecule has 0 saturated heterocycles. The van der Waals surface area contributed by atoms with Crippen LogP contribution >= 0.6 is 0 Å². The third kappa shape index (κ3) is 13.2. The molecule has 2 N–H and O–H groups in total. The molecule has 0 bridgehead atoms. The van der Waals surface area contributed by atoms with Gasteiger partial charge in [-0.2, -0.15) is 18.6 Å². The first kappa shape index (κ1) is 31.1. The van der Waals surface area contributed by atoms with Gasteiger partial charge in [-0.15, -0.1) is 0 Å². The summed E-state index contributed by atoms with van der Waals surface area (Å²) in [6, 6.07) is 28.4. The van der Waals surface area contributed by atoms with Gasteiger partial charge in [0.1, 0.15) is 19.0 Å². The fourth-order valence-corrected chi connectivity index (χ4v) is 3.25. The molecule has 0 heterocycles. The van der Waals surface area contributed by atoms with Gasteiger partial charge in [-0.1, -0.05) is 119 Å². The van der Waals surface area contributed by atoms with Gasteiger partial charge < -0.3 is 4.74 Å². The quantitative estimate of drug-likeness (QED) is 0.248. The highest BCUT2D eigenvalue weighted by molar-refractivity contribution is 7.81. The molecule has 3 aromatic carbocycles. The average molecular weight is 514 g/mol. The Hall–Kier alpha value is -2.97. The molecule has 0 fully saturated rings. The molecule has 3 aromatic rings. The maximum atomic E-state index is 10.7. The van der Waals surface area contributed by atoms with Crippen molar-refractivity contribution >= 4 is 16.5 Å². The summed E-state index contributed by atoms with van der Waals surface area (Å²) in [7, 11) is -4.11. The van der Waals surface area contributed by atoms with E-state index in [1.807, 2.05) is 49.4 Å². The molecule has 36 heavy (non-hydrogen) atoms. The molecule has 0 amide bonds. The smallest absolute Gasteiger partial charge is 0.416 e. The molecule has 0 aliphatic rings. The molecule has 0 aliphatic heterocycles. The van der Waals surface area contributed by atoms with E-state index >= 15 is 0 Å². The molecule has 3 rings (SSSR count). The van der Waals surface area contributed by atoms with E-state index in [-0.39, 0.29) is 13.2 Å². The van der Waals surface area contributed by atoms with E-state index in [2.05, 4.69) is 90.6 Å². The van der Waals surface area contributed by atoms with Crippen molar-refractivity contribution in [3.05, 3.63) is 108 Å². The van der Waals surface area contributed by atoms with Gasteiger partial charge in [0.05, 0.1) is 0 Å². The first-order valence-electron chi connectivity index (χ1n) is 11.9. The minimum absolute atomic E-state index is 0.0666. The maximum Gasteiger partial charge on any atom is 0.416 e. The zero-order chi connectivity index (χ0) is 26.8. The van der Waals surface area contributed by atoms with Crippen LogP contribution in [0.4, 0.5) is 0 Å². The van der Waals surface area contributed by atoms with Crippen LogP contribution in [0.25, 0.3) is 6.08 Å². The van der Waals surface area contributed by atoms with Crippen molar-refractivity contribution in [1.82, 2.24) is 0 Å². The molecular weight excluding hydrogens is 474 g/mol. The largest absolute Gasteiger partial charge is 0.491 e. The lowest BCUT2D eigenvalue weighted by atomic mass is 10.0. The van der Waals surface area contributed by atoms with Crippen LogP contribution < -0.4 is 10.6 Å². The third-order valence-electron chi connectivity index (χ3n) is 4.88. The number of hydrogen-bond acceptors (Lipinski definition) is 6. The second kappa shape index (κ2) is 17.5. The van der Waals surface area contributed by atoms with Crippen LogP contribution in [0, 0.1) is 0 Å². The summed E-state index contributed by atoms with van der Waals surface area (Å²) in [4.78, 5) is 0. The third-order valence-corrected chi connectivity index (χ3v) is 5.58. The van der Waals surface area contributed by atoms with Gasteiger partial charge in [-0.25, -0.2) is 4.18 Å². The summed E-state index contributed by atoms with van der Waals surface area (Å²) >= 11 is 0. The van der Waals surface area contributed by atoms with Crippen LogP contribution in [0.1, 0.15) is 63.1 Å². The highest BCUT2D eigenvalue weighted by Gasteiger charge is 2.09. The Bertz CT molecular complexity index is 1060. The number of hydrogen-bond donors (Lipinski definition) is 1. The molecule has 0 atom stereocenters. The standard InChI is InChI=1S/C11H15NO5S.2C9H12/c1-2-5-10-6-3-4-7-11(10)15-8-9-16-18(13,14)17-12;2*1-8(2)9-6-4-3-5-7-9/h2-7H,8-9,12H2,1H3;2*3-8H,1-2H3/b5-2+;;. The number of rotatable bonds is 9. The average Bonchev–Trinajstić information content (AvgIpc) is 2.89. The lowest BCUT2D eigenvalue weighted by Gasteiger charge is -2.08. The second-order valence-corrected chi connectivity index (χ2v) is 9.59. The van der Waals surface area contributed by atoms with E-state index in [9.17, 15) is 8.42 Å². The predicted octanol–water partition coefficient (Wildman–Crippen LogP) is 6.87. The monoisotopic (exact) mass is 513 g/mol. The Morgan fingerprint density at radius 1 is 0.750 bits per heavy atom. The summed E-state index contributed by atoms with van der Waals surface area (Å²) in [5.41, 5.74) is 3.73. The van der Waals surface area contributed by atoms with E-state index in [1.54, 1.807) is 6.07 Å². The van der Waals surface area contributed by atoms with E-state index in [0.29, 0.717) is 17.6 Å². The van der Waals surface area contributed by atoms with Crippen molar-refractivity contribution in [3.8, 4) is 5.75 Å². The molecule has 196 valence electrons. The van der Waals surface area contributed by atoms with Crippen molar-refractivity contribution < 1.29 is 21.6 Å². The van der Waals surface area contributed by atoms with Crippen molar-refractivity contribution in [3.63, 3.8) is 0 Å². The molecule has 0 unspecified atom stereocenters. The lowest BCUT2D eigenvalue weighted by Crippen LogP contribution is -2.17. The number of para-hydroxylation sites is 1. The highest BCUT2D eigenvalue weighted by atomic mass is 32.3. The van der Waals surface area contributed by atoms with Gasteiger partial charge in [0, 0.05) is 5.56 Å². The molecule has 0 spiro atoms. The van der Waals surface area contributed by atoms with Gasteiger partial charge in [0.15, 0.2) is 0 Å². The summed E-state index contributed by atoms with van der Waals surface area (Å²) < 4.78 is 34.9. The van der Waals surface area contributed by atoms with E-state index < -0.39 is 10.4 Å². The number of benzene rings is 3. The minimum atomic E-state index is -4.11. The van der Waals surface area contributed by atoms with Gasteiger partial charge in [-0.05, 0) is 36.0 Å². The Morgan fingerprint density at radius 2 is 1.22 bits per heavy atom. The summed E-state index contributed by atoms with van der Waals surface area (Å²) in [5.74, 6) is 6.46. The molecule has 0 aromatic heterocycles. The van der Waals surface area contributed by atoms with Gasteiger partial charge in [0.25, 0.3) is 0 Å². The lowest BCUT2D eigenvalue weighted by molar-refractivity contribution is 0.179. The molecule has 0 aliphatic carbocycles. The van der Waals surface area contributed by atoms with Crippen molar-refractivity contribution in [2.24, 2.45) is 5.90 Å². The van der Waals surface area contributed by atoms with Crippen LogP contribution in [-0.4, -0.2) is 21.6 Å². The fourth-order valence-electron chi connectivity index (χ4n) is 2.92. The zero-order valence-corrected chi connectivity index (χ0v) is 22.6. The summed E-state index contributed by atoms with van der Waals surface area (Å²) in [6.45, 7) is 10.6. The van der Waals surface area contributed by atoms with Crippen molar-refractivity contribution in [2.45, 2.75) is 46.5 Å². The van der Waals surface area contributed by atoms with Gasteiger partial charge in [-0.3, -0.25) is 0 Å². The topological polar surface area (TPSA) is 87.8 Å². The Kier molecular flexibility index (Phi) is 15.1. The normalized spacial score (nSPS) is 11.0. The SMILES string of the molecule is C/C=C/c1ccccc1OCCOS(=O)(=O)ON.CC(C)c1ccccc1.CC(C)c1ccccc1. The molecular formula is C29H39NO5S.